The van der Waals surface area contributed by atoms with Gasteiger partial charge in [-0.15, -0.1) is 0 Å². The van der Waals surface area contributed by atoms with Crippen LogP contribution in [0.2, 0.25) is 5.02 Å². The molecule has 14 heavy (non-hydrogen) atoms. The van der Waals surface area contributed by atoms with Crippen molar-refractivity contribution < 1.29 is 9.47 Å². The molecule has 0 radical (unpaired) electrons. The van der Waals surface area contributed by atoms with E-state index in [0.29, 0.717) is 29.7 Å². The zero-order chi connectivity index (χ0) is 10.6. The molecular formula is C9H11BrClNO2. The average molecular weight is 281 g/mol. The van der Waals surface area contributed by atoms with Gasteiger partial charge in [-0.2, -0.15) is 0 Å². The lowest BCUT2D eigenvalue weighted by Gasteiger charge is -2.09. The molecule has 0 aliphatic carbocycles. The number of anilines is 1. The number of nitrogens with two attached hydrogens (primary N) is 1. The van der Waals surface area contributed by atoms with Crippen LogP contribution in [-0.2, 0) is 4.74 Å². The maximum Gasteiger partial charge on any atom is 0.143 e. The van der Waals surface area contributed by atoms with Crippen molar-refractivity contribution in [2.45, 2.75) is 0 Å². The van der Waals surface area contributed by atoms with E-state index in [1.165, 1.54) is 0 Å². The largest absolute Gasteiger partial charge is 0.489 e. The first-order valence-corrected chi connectivity index (χ1v) is 5.18. The fourth-order valence-electron chi connectivity index (χ4n) is 0.904. The van der Waals surface area contributed by atoms with E-state index in [0.717, 1.165) is 4.47 Å². The first-order chi connectivity index (χ1) is 6.65. The summed E-state index contributed by atoms with van der Waals surface area (Å²) in [5.41, 5.74) is 6.22. The Morgan fingerprint density at radius 1 is 1.43 bits per heavy atom. The SMILES string of the molecule is COCCOc1cc(Br)c(Cl)cc1N. The summed E-state index contributed by atoms with van der Waals surface area (Å²) in [6, 6.07) is 3.39. The van der Waals surface area contributed by atoms with Crippen LogP contribution >= 0.6 is 27.5 Å². The minimum Gasteiger partial charge on any atom is -0.489 e. The Hall–Kier alpha value is -0.450. The molecule has 0 amide bonds. The molecule has 78 valence electrons. The Bertz CT molecular complexity index is 320. The van der Waals surface area contributed by atoms with Gasteiger partial charge in [0.1, 0.15) is 12.4 Å². The quantitative estimate of drug-likeness (QED) is 0.681. The molecule has 0 atom stereocenters. The molecule has 3 nitrogen and oxygen atoms in total. The number of benzene rings is 1. The molecule has 0 fully saturated rings. The predicted molar refractivity (Wildman–Crippen MR) is 60.9 cm³/mol. The molecular weight excluding hydrogens is 269 g/mol. The third-order valence-corrected chi connectivity index (χ3v) is 2.79. The highest BCUT2D eigenvalue weighted by Gasteiger charge is 2.05. The molecule has 0 saturated carbocycles. The van der Waals surface area contributed by atoms with Crippen LogP contribution in [0.25, 0.3) is 0 Å². The molecule has 0 saturated heterocycles. The molecule has 0 unspecified atom stereocenters. The molecule has 0 aromatic heterocycles. The number of methoxy groups -OCH3 is 1. The van der Waals surface area contributed by atoms with E-state index in [2.05, 4.69) is 15.9 Å². The van der Waals surface area contributed by atoms with Gasteiger partial charge in [0.25, 0.3) is 0 Å². The lowest BCUT2D eigenvalue weighted by Crippen LogP contribution is -2.05. The second-order valence-corrected chi connectivity index (χ2v) is 3.91. The maximum atomic E-state index is 5.84. The molecule has 2 N–H and O–H groups in total. The van der Waals surface area contributed by atoms with Crippen molar-refractivity contribution in [2.24, 2.45) is 0 Å². The highest BCUT2D eigenvalue weighted by molar-refractivity contribution is 9.10. The minimum atomic E-state index is 0.467. The Morgan fingerprint density at radius 2 is 2.14 bits per heavy atom. The third kappa shape index (κ3) is 3.04. The van der Waals surface area contributed by atoms with Crippen LogP contribution in [0, 0.1) is 0 Å². The number of ether oxygens (including phenoxy) is 2. The van der Waals surface area contributed by atoms with Gasteiger partial charge < -0.3 is 15.2 Å². The van der Waals surface area contributed by atoms with Crippen LogP contribution in [0.3, 0.4) is 0 Å². The van der Waals surface area contributed by atoms with E-state index in [1.807, 2.05) is 0 Å². The third-order valence-electron chi connectivity index (χ3n) is 1.60. The molecule has 0 spiro atoms. The first-order valence-electron chi connectivity index (χ1n) is 4.01. The van der Waals surface area contributed by atoms with Crippen LogP contribution in [0.1, 0.15) is 0 Å². The van der Waals surface area contributed by atoms with Gasteiger partial charge >= 0.3 is 0 Å². The van der Waals surface area contributed by atoms with Crippen molar-refractivity contribution in [1.29, 1.82) is 0 Å². The van der Waals surface area contributed by atoms with E-state index in [-0.39, 0.29) is 0 Å². The van der Waals surface area contributed by atoms with Crippen LogP contribution < -0.4 is 10.5 Å². The predicted octanol–water partition coefficient (Wildman–Crippen LogP) is 2.71. The molecule has 0 heterocycles. The van der Waals surface area contributed by atoms with Gasteiger partial charge in [-0.05, 0) is 28.1 Å². The molecule has 0 aliphatic heterocycles. The van der Waals surface area contributed by atoms with Gasteiger partial charge in [0.2, 0.25) is 0 Å². The smallest absolute Gasteiger partial charge is 0.143 e. The second kappa shape index (κ2) is 5.44. The standard InChI is InChI=1S/C9H11BrClNO2/c1-13-2-3-14-9-4-6(10)7(11)5-8(9)12/h4-5H,2-3,12H2,1H3. The van der Waals surface area contributed by atoms with Crippen LogP contribution in [0.4, 0.5) is 5.69 Å². The van der Waals surface area contributed by atoms with Crippen molar-refractivity contribution in [3.8, 4) is 5.75 Å². The highest BCUT2D eigenvalue weighted by atomic mass is 79.9. The van der Waals surface area contributed by atoms with Gasteiger partial charge in [-0.1, -0.05) is 11.6 Å². The Kier molecular flexibility index (Phi) is 4.51. The number of hydrogen-bond donors (Lipinski definition) is 1. The summed E-state index contributed by atoms with van der Waals surface area (Å²) in [4.78, 5) is 0. The summed E-state index contributed by atoms with van der Waals surface area (Å²) in [7, 11) is 1.62. The lowest BCUT2D eigenvalue weighted by molar-refractivity contribution is 0.146. The van der Waals surface area contributed by atoms with Crippen LogP contribution in [-0.4, -0.2) is 20.3 Å². The molecule has 5 heteroatoms. The summed E-state index contributed by atoms with van der Waals surface area (Å²) in [6.45, 7) is 0.995. The zero-order valence-electron chi connectivity index (χ0n) is 7.72. The van der Waals surface area contributed by atoms with E-state index < -0.39 is 0 Å². The normalized spacial score (nSPS) is 10.2. The van der Waals surface area contributed by atoms with E-state index in [1.54, 1.807) is 19.2 Å². The Morgan fingerprint density at radius 3 is 2.79 bits per heavy atom. The van der Waals surface area contributed by atoms with Gasteiger partial charge in [0, 0.05) is 11.6 Å². The van der Waals surface area contributed by atoms with Crippen molar-refractivity contribution >= 4 is 33.2 Å². The van der Waals surface area contributed by atoms with Gasteiger partial charge in [0.15, 0.2) is 0 Å². The van der Waals surface area contributed by atoms with Crippen molar-refractivity contribution in [2.75, 3.05) is 26.1 Å². The molecule has 1 aromatic carbocycles. The summed E-state index contributed by atoms with van der Waals surface area (Å²) in [5.74, 6) is 0.610. The fourth-order valence-corrected chi connectivity index (χ4v) is 1.40. The summed E-state index contributed by atoms with van der Waals surface area (Å²) in [5, 5.41) is 0.571. The Balaban J connectivity index is 2.72. The first kappa shape index (κ1) is 11.6. The summed E-state index contributed by atoms with van der Waals surface area (Å²) >= 11 is 9.13. The molecule has 1 rings (SSSR count). The monoisotopic (exact) mass is 279 g/mol. The average Bonchev–Trinajstić information content (AvgIpc) is 2.14. The van der Waals surface area contributed by atoms with E-state index in [4.69, 9.17) is 26.8 Å². The summed E-state index contributed by atoms with van der Waals surface area (Å²) < 4.78 is 11.0. The number of rotatable bonds is 4. The minimum absolute atomic E-state index is 0.467. The number of hydrogen-bond acceptors (Lipinski definition) is 3. The van der Waals surface area contributed by atoms with Crippen LogP contribution in [0.5, 0.6) is 5.75 Å². The van der Waals surface area contributed by atoms with Gasteiger partial charge in [-0.3, -0.25) is 0 Å². The highest BCUT2D eigenvalue weighted by Crippen LogP contribution is 2.32. The van der Waals surface area contributed by atoms with Gasteiger partial charge in [-0.25, -0.2) is 0 Å². The second-order valence-electron chi connectivity index (χ2n) is 2.65. The number of halogens is 2. The van der Waals surface area contributed by atoms with Crippen LogP contribution in [0.15, 0.2) is 16.6 Å². The molecule has 1 aromatic rings. The Labute approximate surface area is 96.3 Å². The fraction of sp³-hybridized carbons (Fsp3) is 0.333. The van der Waals surface area contributed by atoms with Crippen molar-refractivity contribution in [1.82, 2.24) is 0 Å². The van der Waals surface area contributed by atoms with Crippen molar-refractivity contribution in [3.63, 3.8) is 0 Å². The van der Waals surface area contributed by atoms with E-state index in [9.17, 15) is 0 Å². The van der Waals surface area contributed by atoms with E-state index >= 15 is 0 Å². The maximum absolute atomic E-state index is 5.84. The lowest BCUT2D eigenvalue weighted by atomic mass is 10.3. The summed E-state index contributed by atoms with van der Waals surface area (Å²) in [6.07, 6.45) is 0. The van der Waals surface area contributed by atoms with Gasteiger partial charge in [0.05, 0.1) is 17.3 Å². The molecule has 0 aliphatic rings. The zero-order valence-corrected chi connectivity index (χ0v) is 10.1. The molecule has 0 bridgehead atoms. The topological polar surface area (TPSA) is 44.5 Å². The van der Waals surface area contributed by atoms with Crippen molar-refractivity contribution in [3.05, 3.63) is 21.6 Å². The number of nitrogen functional groups attached to an aromatic ring is 1.